The second kappa shape index (κ2) is 7.14. The number of amides is 1. The van der Waals surface area contributed by atoms with Crippen LogP contribution in [0.5, 0.6) is 5.75 Å². The Morgan fingerprint density at radius 1 is 1.44 bits per heavy atom. The molecule has 2 aromatic heterocycles. The van der Waals surface area contributed by atoms with Gasteiger partial charge in [0.05, 0.1) is 23.8 Å². The predicted octanol–water partition coefficient (Wildman–Crippen LogP) is 3.23. The summed E-state index contributed by atoms with van der Waals surface area (Å²) in [5, 5.41) is 1.95. The highest BCUT2D eigenvalue weighted by Crippen LogP contribution is 2.41. The molecule has 5 nitrogen and oxygen atoms in total. The molecule has 1 amide bonds. The third-order valence-corrected chi connectivity index (χ3v) is 6.03. The van der Waals surface area contributed by atoms with Gasteiger partial charge in [0.1, 0.15) is 5.75 Å². The summed E-state index contributed by atoms with van der Waals surface area (Å²) in [6.07, 6.45) is 6.52. The van der Waals surface area contributed by atoms with Crippen molar-refractivity contribution in [1.82, 2.24) is 9.88 Å². The van der Waals surface area contributed by atoms with Crippen LogP contribution >= 0.6 is 11.3 Å². The normalized spacial score (nSPS) is 26.1. The topological polar surface area (TPSA) is 51.7 Å². The number of fused-ring (bicyclic) bond motifs is 1. The molecular weight excluding hydrogens is 336 g/mol. The lowest BCUT2D eigenvalue weighted by atomic mass is 9.73. The van der Waals surface area contributed by atoms with E-state index in [0.29, 0.717) is 13.2 Å². The zero-order valence-corrected chi connectivity index (χ0v) is 14.9. The second-order valence-electron chi connectivity index (χ2n) is 6.80. The fourth-order valence-electron chi connectivity index (χ4n) is 3.89. The number of pyridine rings is 1. The van der Waals surface area contributed by atoms with E-state index >= 15 is 0 Å². The largest absolute Gasteiger partial charge is 0.491 e. The van der Waals surface area contributed by atoms with Gasteiger partial charge in [0, 0.05) is 31.3 Å². The van der Waals surface area contributed by atoms with Crippen LogP contribution in [0.2, 0.25) is 0 Å². The Morgan fingerprint density at radius 2 is 2.40 bits per heavy atom. The van der Waals surface area contributed by atoms with Crippen molar-refractivity contribution in [2.24, 2.45) is 5.41 Å². The Morgan fingerprint density at radius 3 is 3.20 bits per heavy atom. The number of hydrogen-bond donors (Lipinski definition) is 0. The highest BCUT2D eigenvalue weighted by molar-refractivity contribution is 7.12. The van der Waals surface area contributed by atoms with Crippen molar-refractivity contribution in [1.29, 1.82) is 0 Å². The maximum atomic E-state index is 12.8. The number of likely N-dealkylation sites (tertiary alicyclic amines) is 1. The Kier molecular flexibility index (Phi) is 4.72. The Labute approximate surface area is 151 Å². The zero-order chi connectivity index (χ0) is 17.1. The van der Waals surface area contributed by atoms with E-state index < -0.39 is 0 Å². The first-order valence-electron chi connectivity index (χ1n) is 8.74. The monoisotopic (exact) mass is 358 g/mol. The molecule has 2 aromatic rings. The molecule has 0 N–H and O–H groups in total. The van der Waals surface area contributed by atoms with Gasteiger partial charge in [-0.2, -0.15) is 0 Å². The van der Waals surface area contributed by atoms with Gasteiger partial charge < -0.3 is 14.4 Å². The molecule has 0 radical (unpaired) electrons. The number of carbonyl (C=O) groups is 1. The van der Waals surface area contributed by atoms with E-state index in [-0.39, 0.29) is 17.4 Å². The molecule has 25 heavy (non-hydrogen) atoms. The molecule has 4 heterocycles. The first-order valence-corrected chi connectivity index (χ1v) is 9.62. The van der Waals surface area contributed by atoms with Crippen molar-refractivity contribution in [2.45, 2.75) is 25.4 Å². The molecule has 2 fully saturated rings. The van der Waals surface area contributed by atoms with E-state index in [1.54, 1.807) is 12.4 Å². The maximum absolute atomic E-state index is 12.8. The molecule has 0 unspecified atom stereocenters. The first kappa shape index (κ1) is 16.5. The van der Waals surface area contributed by atoms with Gasteiger partial charge in [0.2, 0.25) is 0 Å². The summed E-state index contributed by atoms with van der Waals surface area (Å²) >= 11 is 1.50. The minimum atomic E-state index is -0.140. The van der Waals surface area contributed by atoms with Gasteiger partial charge in [-0.3, -0.25) is 9.78 Å². The molecule has 2 atom stereocenters. The van der Waals surface area contributed by atoms with Crippen LogP contribution in [0, 0.1) is 5.41 Å². The summed E-state index contributed by atoms with van der Waals surface area (Å²) in [4.78, 5) is 19.7. The smallest absolute Gasteiger partial charge is 0.263 e. The van der Waals surface area contributed by atoms with Crippen LogP contribution in [-0.4, -0.2) is 48.2 Å². The van der Waals surface area contributed by atoms with Crippen LogP contribution in [0.25, 0.3) is 0 Å². The van der Waals surface area contributed by atoms with Crippen molar-refractivity contribution in [3.05, 3.63) is 46.9 Å². The Bertz CT molecular complexity index is 707. The fraction of sp³-hybridized carbons (Fsp3) is 0.474. The van der Waals surface area contributed by atoms with E-state index in [1.807, 2.05) is 34.5 Å². The number of thiophene rings is 1. The van der Waals surface area contributed by atoms with Crippen LogP contribution in [0.3, 0.4) is 0 Å². The predicted molar refractivity (Wildman–Crippen MR) is 96.0 cm³/mol. The standard InChI is InChI=1S/C19H22N2O3S/c22-18(16-5-2-11-25-16)21-9-6-17-19(13-21,7-3-10-23-17)14-24-15-4-1-8-20-12-15/h1-2,4-5,8,11-12,17H,3,6-7,9-10,13-14H2/t17-,19+/m1/s1. The molecular formula is C19H22N2O3S. The average Bonchev–Trinajstić information content (AvgIpc) is 3.21. The number of ether oxygens (including phenoxy) is 2. The second-order valence-corrected chi connectivity index (χ2v) is 7.74. The van der Waals surface area contributed by atoms with E-state index in [9.17, 15) is 4.79 Å². The molecule has 0 spiro atoms. The number of rotatable bonds is 4. The molecule has 4 rings (SSSR count). The molecule has 2 aliphatic rings. The number of carbonyl (C=O) groups excluding carboxylic acids is 1. The molecule has 2 saturated heterocycles. The van der Waals surface area contributed by atoms with Crippen LogP contribution < -0.4 is 4.74 Å². The Balaban J connectivity index is 1.51. The van der Waals surface area contributed by atoms with Crippen LogP contribution in [-0.2, 0) is 4.74 Å². The van der Waals surface area contributed by atoms with Gasteiger partial charge in [-0.1, -0.05) is 6.07 Å². The zero-order valence-electron chi connectivity index (χ0n) is 14.1. The third-order valence-electron chi connectivity index (χ3n) is 5.17. The number of nitrogens with zero attached hydrogens (tertiary/aromatic N) is 2. The quantitative estimate of drug-likeness (QED) is 0.842. The lowest BCUT2D eigenvalue weighted by molar-refractivity contribution is -0.133. The summed E-state index contributed by atoms with van der Waals surface area (Å²) in [6, 6.07) is 7.61. The molecule has 132 valence electrons. The molecule has 0 aliphatic carbocycles. The van der Waals surface area contributed by atoms with Gasteiger partial charge in [-0.05, 0) is 42.8 Å². The summed E-state index contributed by atoms with van der Waals surface area (Å²) in [6.45, 7) is 2.79. The molecule has 2 aliphatic heterocycles. The third kappa shape index (κ3) is 3.41. The number of piperidine rings is 1. The first-order chi connectivity index (χ1) is 12.3. The Hall–Kier alpha value is -1.92. The van der Waals surface area contributed by atoms with Gasteiger partial charge in [0.15, 0.2) is 0 Å². The molecule has 0 bridgehead atoms. The minimum Gasteiger partial charge on any atom is -0.491 e. The molecule has 0 saturated carbocycles. The highest BCUT2D eigenvalue weighted by atomic mass is 32.1. The summed E-state index contributed by atoms with van der Waals surface area (Å²) in [7, 11) is 0. The number of aromatic nitrogens is 1. The van der Waals surface area contributed by atoms with Crippen molar-refractivity contribution < 1.29 is 14.3 Å². The molecule has 0 aromatic carbocycles. The summed E-state index contributed by atoms with van der Waals surface area (Å²) < 4.78 is 12.1. The van der Waals surface area contributed by atoms with Crippen LogP contribution in [0.1, 0.15) is 28.9 Å². The lowest BCUT2D eigenvalue weighted by Crippen LogP contribution is -2.58. The maximum Gasteiger partial charge on any atom is 0.263 e. The van der Waals surface area contributed by atoms with E-state index in [0.717, 1.165) is 43.0 Å². The SMILES string of the molecule is O=C(c1cccs1)N1CC[C@H]2OCCC[C@@]2(COc2cccnc2)C1. The van der Waals surface area contributed by atoms with Gasteiger partial charge in [-0.25, -0.2) is 0 Å². The number of hydrogen-bond acceptors (Lipinski definition) is 5. The van der Waals surface area contributed by atoms with E-state index in [2.05, 4.69) is 4.98 Å². The van der Waals surface area contributed by atoms with Gasteiger partial charge in [-0.15, -0.1) is 11.3 Å². The van der Waals surface area contributed by atoms with Crippen LogP contribution in [0.4, 0.5) is 0 Å². The summed E-state index contributed by atoms with van der Waals surface area (Å²) in [5.74, 6) is 0.891. The minimum absolute atomic E-state index is 0.125. The van der Waals surface area contributed by atoms with Crippen molar-refractivity contribution in [3.8, 4) is 5.75 Å². The van der Waals surface area contributed by atoms with Crippen LogP contribution in [0.15, 0.2) is 42.0 Å². The lowest BCUT2D eigenvalue weighted by Gasteiger charge is -2.50. The van der Waals surface area contributed by atoms with E-state index in [4.69, 9.17) is 9.47 Å². The summed E-state index contributed by atoms with van der Waals surface area (Å²) in [5.41, 5.74) is -0.140. The average molecular weight is 358 g/mol. The fourth-order valence-corrected chi connectivity index (χ4v) is 4.58. The van der Waals surface area contributed by atoms with E-state index in [1.165, 1.54) is 11.3 Å². The van der Waals surface area contributed by atoms with Crippen molar-refractivity contribution in [3.63, 3.8) is 0 Å². The van der Waals surface area contributed by atoms with Gasteiger partial charge in [0.25, 0.3) is 5.91 Å². The van der Waals surface area contributed by atoms with Gasteiger partial charge >= 0.3 is 0 Å². The molecule has 6 heteroatoms. The van der Waals surface area contributed by atoms with Crippen molar-refractivity contribution >= 4 is 17.2 Å². The van der Waals surface area contributed by atoms with Crippen molar-refractivity contribution in [2.75, 3.05) is 26.3 Å². The highest BCUT2D eigenvalue weighted by Gasteiger charge is 2.47.